The molecule has 1 amide bonds. The van der Waals surface area contributed by atoms with Gasteiger partial charge >= 0.3 is 0 Å². The lowest BCUT2D eigenvalue weighted by atomic mass is 9.92. The van der Waals surface area contributed by atoms with Gasteiger partial charge in [0.05, 0.1) is 5.01 Å². The highest BCUT2D eigenvalue weighted by Crippen LogP contribution is 2.24. The van der Waals surface area contributed by atoms with Crippen LogP contribution in [0.1, 0.15) is 35.6 Å². The van der Waals surface area contributed by atoms with Crippen LogP contribution in [0, 0.1) is 12.8 Å². The molecule has 0 aliphatic carbocycles. The highest BCUT2D eigenvalue weighted by Gasteiger charge is 2.20. The first-order chi connectivity index (χ1) is 11.0. The number of aromatic nitrogens is 1. The van der Waals surface area contributed by atoms with Crippen LogP contribution in [0.4, 0.5) is 0 Å². The number of nitrogens with one attached hydrogen (secondary N) is 1. The summed E-state index contributed by atoms with van der Waals surface area (Å²) in [4.78, 5) is 22.1. The topological polar surface area (TPSA) is 48.5 Å². The van der Waals surface area contributed by atoms with Crippen LogP contribution in [0.3, 0.4) is 0 Å². The quantitative estimate of drug-likeness (QED) is 0.789. The summed E-state index contributed by atoms with van der Waals surface area (Å²) in [6.45, 7) is 7.03. The molecule has 130 valence electrons. The van der Waals surface area contributed by atoms with E-state index in [1.54, 1.807) is 11.3 Å². The summed E-state index contributed by atoms with van der Waals surface area (Å²) >= 11 is 1.80. The standard InChI is InChI=1S/C17H30N4OS/c1-14-19-12-16(23-14)13-21-9-6-15(7-10-21)4-5-17(22)18-8-11-20(2)3/h12,15H,4-11,13H2,1-3H3,(H,18,22). The number of carbonyl (C=O) groups excluding carboxylic acids is 1. The third kappa shape index (κ3) is 6.97. The second kappa shape index (κ2) is 9.35. The second-order valence-corrected chi connectivity index (χ2v) is 8.08. The third-order valence-corrected chi connectivity index (χ3v) is 5.31. The maximum Gasteiger partial charge on any atom is 0.220 e. The minimum atomic E-state index is 0.203. The van der Waals surface area contributed by atoms with Crippen molar-refractivity contribution < 1.29 is 4.79 Å². The lowest BCUT2D eigenvalue weighted by molar-refractivity contribution is -0.121. The van der Waals surface area contributed by atoms with Crippen LogP contribution in [0.15, 0.2) is 6.20 Å². The Bertz CT molecular complexity index is 481. The fourth-order valence-electron chi connectivity index (χ4n) is 2.97. The molecule has 1 aliphatic heterocycles. The molecule has 1 saturated heterocycles. The Morgan fingerprint density at radius 3 is 2.78 bits per heavy atom. The molecule has 1 aliphatic rings. The molecule has 0 unspecified atom stereocenters. The average molecular weight is 339 g/mol. The van der Waals surface area contributed by atoms with Gasteiger partial charge in [0.1, 0.15) is 0 Å². The van der Waals surface area contributed by atoms with E-state index in [2.05, 4.69) is 27.0 Å². The molecule has 1 fully saturated rings. The minimum absolute atomic E-state index is 0.203. The Balaban J connectivity index is 1.58. The number of nitrogens with zero attached hydrogens (tertiary/aromatic N) is 3. The molecule has 0 spiro atoms. The van der Waals surface area contributed by atoms with E-state index in [-0.39, 0.29) is 5.91 Å². The van der Waals surface area contributed by atoms with Crippen molar-refractivity contribution in [2.24, 2.45) is 5.92 Å². The number of carbonyl (C=O) groups is 1. The van der Waals surface area contributed by atoms with Crippen molar-refractivity contribution in [3.05, 3.63) is 16.1 Å². The van der Waals surface area contributed by atoms with Crippen molar-refractivity contribution in [2.45, 2.75) is 39.2 Å². The van der Waals surface area contributed by atoms with E-state index in [1.165, 1.54) is 17.7 Å². The number of amides is 1. The van der Waals surface area contributed by atoms with Crippen LogP contribution in [-0.4, -0.2) is 61.0 Å². The summed E-state index contributed by atoms with van der Waals surface area (Å²) in [5.41, 5.74) is 0. The number of hydrogen-bond acceptors (Lipinski definition) is 5. The van der Waals surface area contributed by atoms with Crippen LogP contribution in [0.2, 0.25) is 0 Å². The Morgan fingerprint density at radius 1 is 1.43 bits per heavy atom. The molecule has 0 bridgehead atoms. The first kappa shape index (κ1) is 18.4. The number of rotatable bonds is 8. The van der Waals surface area contributed by atoms with Gasteiger partial charge < -0.3 is 10.2 Å². The highest BCUT2D eigenvalue weighted by molar-refractivity contribution is 7.11. The first-order valence-corrected chi connectivity index (χ1v) is 9.39. The van der Waals surface area contributed by atoms with Gasteiger partial charge in [-0.15, -0.1) is 11.3 Å². The zero-order chi connectivity index (χ0) is 16.7. The largest absolute Gasteiger partial charge is 0.355 e. The van der Waals surface area contributed by atoms with E-state index in [0.29, 0.717) is 12.3 Å². The number of aryl methyl sites for hydroxylation is 1. The monoisotopic (exact) mass is 338 g/mol. The van der Waals surface area contributed by atoms with Gasteiger partial charge in [0.15, 0.2) is 0 Å². The van der Waals surface area contributed by atoms with Gasteiger partial charge in [-0.1, -0.05) is 0 Å². The number of likely N-dealkylation sites (tertiary alicyclic amines) is 1. The fraction of sp³-hybridized carbons (Fsp3) is 0.765. The summed E-state index contributed by atoms with van der Waals surface area (Å²) < 4.78 is 0. The molecular weight excluding hydrogens is 308 g/mol. The summed E-state index contributed by atoms with van der Waals surface area (Å²) in [5, 5.41) is 4.15. The Kier molecular flexibility index (Phi) is 7.46. The number of piperidine rings is 1. The van der Waals surface area contributed by atoms with Gasteiger partial charge in [-0.25, -0.2) is 4.98 Å². The molecule has 0 aromatic carbocycles. The van der Waals surface area contributed by atoms with Crippen molar-refractivity contribution in [2.75, 3.05) is 40.3 Å². The van der Waals surface area contributed by atoms with Crippen LogP contribution >= 0.6 is 11.3 Å². The van der Waals surface area contributed by atoms with Crippen LogP contribution in [0.25, 0.3) is 0 Å². The summed E-state index contributed by atoms with van der Waals surface area (Å²) in [6.07, 6.45) is 6.13. The SMILES string of the molecule is Cc1ncc(CN2CCC(CCC(=O)NCCN(C)C)CC2)s1. The highest BCUT2D eigenvalue weighted by atomic mass is 32.1. The summed E-state index contributed by atoms with van der Waals surface area (Å²) in [7, 11) is 4.04. The maximum absolute atomic E-state index is 11.8. The predicted molar refractivity (Wildman–Crippen MR) is 95.6 cm³/mol. The van der Waals surface area contributed by atoms with E-state index >= 15 is 0 Å². The first-order valence-electron chi connectivity index (χ1n) is 8.58. The Labute approximate surface area is 144 Å². The molecule has 23 heavy (non-hydrogen) atoms. The van der Waals surface area contributed by atoms with Crippen molar-refractivity contribution in [3.8, 4) is 0 Å². The summed E-state index contributed by atoms with van der Waals surface area (Å²) in [6, 6.07) is 0. The molecule has 1 aromatic rings. The van der Waals surface area contributed by atoms with Gasteiger partial charge in [0.2, 0.25) is 5.91 Å². The molecule has 6 heteroatoms. The molecule has 2 rings (SSSR count). The number of likely N-dealkylation sites (N-methyl/N-ethyl adjacent to an activating group) is 1. The predicted octanol–water partition coefficient (Wildman–Crippen LogP) is 2.12. The van der Waals surface area contributed by atoms with E-state index in [1.807, 2.05) is 20.3 Å². The van der Waals surface area contributed by atoms with Gasteiger partial charge in [-0.05, 0) is 59.3 Å². The lowest BCUT2D eigenvalue weighted by Crippen LogP contribution is -2.34. The van der Waals surface area contributed by atoms with Gasteiger partial charge in [-0.2, -0.15) is 0 Å². The molecule has 0 saturated carbocycles. The maximum atomic E-state index is 11.8. The second-order valence-electron chi connectivity index (χ2n) is 6.76. The molecule has 5 nitrogen and oxygen atoms in total. The molecule has 0 radical (unpaired) electrons. The zero-order valence-electron chi connectivity index (χ0n) is 14.7. The van der Waals surface area contributed by atoms with Crippen molar-refractivity contribution in [1.82, 2.24) is 20.1 Å². The number of thiazole rings is 1. The van der Waals surface area contributed by atoms with E-state index < -0.39 is 0 Å². The van der Waals surface area contributed by atoms with Gasteiger partial charge in [0.25, 0.3) is 0 Å². The van der Waals surface area contributed by atoms with E-state index in [4.69, 9.17) is 0 Å². The van der Waals surface area contributed by atoms with Crippen LogP contribution in [-0.2, 0) is 11.3 Å². The van der Waals surface area contributed by atoms with Gasteiger partial charge in [0, 0.05) is 37.1 Å². The normalized spacial score (nSPS) is 16.9. The van der Waals surface area contributed by atoms with Crippen molar-refractivity contribution in [1.29, 1.82) is 0 Å². The lowest BCUT2D eigenvalue weighted by Gasteiger charge is -2.31. The van der Waals surface area contributed by atoms with E-state index in [9.17, 15) is 4.79 Å². The fourth-order valence-corrected chi connectivity index (χ4v) is 3.81. The minimum Gasteiger partial charge on any atom is -0.355 e. The molecule has 1 N–H and O–H groups in total. The molecule has 2 heterocycles. The van der Waals surface area contributed by atoms with Crippen LogP contribution < -0.4 is 5.32 Å². The Hall–Kier alpha value is -0.980. The third-order valence-electron chi connectivity index (χ3n) is 4.42. The molecule has 0 atom stereocenters. The number of hydrogen-bond donors (Lipinski definition) is 1. The van der Waals surface area contributed by atoms with Crippen LogP contribution in [0.5, 0.6) is 0 Å². The average Bonchev–Trinajstić information content (AvgIpc) is 2.91. The smallest absolute Gasteiger partial charge is 0.220 e. The molecule has 1 aromatic heterocycles. The summed E-state index contributed by atoms with van der Waals surface area (Å²) in [5.74, 6) is 0.906. The zero-order valence-corrected chi connectivity index (χ0v) is 15.5. The Morgan fingerprint density at radius 2 is 2.17 bits per heavy atom. The molecular formula is C17H30N4OS. The van der Waals surface area contributed by atoms with Crippen molar-refractivity contribution >= 4 is 17.2 Å². The van der Waals surface area contributed by atoms with Gasteiger partial charge in [-0.3, -0.25) is 9.69 Å². The van der Waals surface area contributed by atoms with Crippen molar-refractivity contribution in [3.63, 3.8) is 0 Å². The van der Waals surface area contributed by atoms with E-state index in [0.717, 1.165) is 44.2 Å².